The molecule has 0 aliphatic rings. The smallest absolute Gasteiger partial charge is 0.291 e. The summed E-state index contributed by atoms with van der Waals surface area (Å²) in [7, 11) is 0. The van der Waals surface area contributed by atoms with E-state index in [-0.39, 0.29) is 23.8 Å². The van der Waals surface area contributed by atoms with Gasteiger partial charge in [0, 0.05) is 11.4 Å². The van der Waals surface area contributed by atoms with Crippen molar-refractivity contribution in [3.63, 3.8) is 0 Å². The molecule has 0 bridgehead atoms. The normalized spacial score (nSPS) is 10.6. The quantitative estimate of drug-likeness (QED) is 0.540. The third-order valence-electron chi connectivity index (χ3n) is 4.09. The molecule has 0 saturated heterocycles. The number of hydrogen-bond donors (Lipinski definition) is 2. The molecule has 0 spiro atoms. The maximum atomic E-state index is 12.4. The van der Waals surface area contributed by atoms with Crippen LogP contribution in [0.1, 0.15) is 10.6 Å². The van der Waals surface area contributed by atoms with Crippen LogP contribution in [-0.4, -0.2) is 26.8 Å². The van der Waals surface area contributed by atoms with Crippen molar-refractivity contribution in [2.45, 2.75) is 6.54 Å². The topological polar surface area (TPSA) is 119 Å². The van der Waals surface area contributed by atoms with Crippen LogP contribution in [0.3, 0.4) is 0 Å². The van der Waals surface area contributed by atoms with Gasteiger partial charge in [-0.05, 0) is 48.5 Å². The highest BCUT2D eigenvalue weighted by Crippen LogP contribution is 2.15. The van der Waals surface area contributed by atoms with Gasteiger partial charge in [0.2, 0.25) is 5.91 Å². The zero-order chi connectivity index (χ0) is 20.2. The van der Waals surface area contributed by atoms with Crippen molar-refractivity contribution in [3.8, 4) is 0 Å². The van der Waals surface area contributed by atoms with Gasteiger partial charge >= 0.3 is 0 Å². The number of hydrogen-bond acceptors (Lipinski definition) is 6. The van der Waals surface area contributed by atoms with E-state index >= 15 is 0 Å². The van der Waals surface area contributed by atoms with Gasteiger partial charge in [0.1, 0.15) is 12.1 Å². The molecule has 144 valence electrons. The highest BCUT2D eigenvalue weighted by atomic mass is 16.3. The van der Waals surface area contributed by atoms with E-state index < -0.39 is 5.91 Å². The zero-order valence-corrected chi connectivity index (χ0v) is 15.0. The van der Waals surface area contributed by atoms with Crippen LogP contribution in [0.15, 0.2) is 76.1 Å². The molecule has 0 aliphatic carbocycles. The summed E-state index contributed by atoms with van der Waals surface area (Å²) in [5.74, 6) is -0.602. The number of aromatic nitrogens is 3. The van der Waals surface area contributed by atoms with Gasteiger partial charge < -0.3 is 15.1 Å². The van der Waals surface area contributed by atoms with Crippen LogP contribution in [0.25, 0.3) is 10.9 Å². The second-order valence-electron chi connectivity index (χ2n) is 6.13. The van der Waals surface area contributed by atoms with Crippen LogP contribution in [-0.2, 0) is 11.3 Å². The molecule has 0 atom stereocenters. The predicted octanol–water partition coefficient (Wildman–Crippen LogP) is 2.28. The minimum atomic E-state index is -0.427. The minimum absolute atomic E-state index is 0.198. The van der Waals surface area contributed by atoms with Gasteiger partial charge in [-0.1, -0.05) is 17.3 Å². The fraction of sp³-hybridized carbons (Fsp3) is 0.0500. The van der Waals surface area contributed by atoms with E-state index in [1.807, 2.05) is 0 Å². The molecule has 29 heavy (non-hydrogen) atoms. The molecule has 0 saturated carbocycles. The number of carbonyl (C=O) groups excluding carboxylic acids is 2. The Labute approximate surface area is 164 Å². The Morgan fingerprint density at radius 2 is 1.66 bits per heavy atom. The monoisotopic (exact) mass is 389 g/mol. The molecular formula is C20H15N5O4. The van der Waals surface area contributed by atoms with Crippen LogP contribution in [0, 0.1) is 0 Å². The van der Waals surface area contributed by atoms with Crippen LogP contribution < -0.4 is 16.2 Å². The Hall–Kier alpha value is -4.27. The fourth-order valence-electron chi connectivity index (χ4n) is 2.70. The van der Waals surface area contributed by atoms with Crippen molar-refractivity contribution in [2.24, 2.45) is 0 Å². The van der Waals surface area contributed by atoms with Gasteiger partial charge in [-0.2, -0.15) is 0 Å². The molecule has 4 rings (SSSR count). The molecule has 0 fully saturated rings. The van der Waals surface area contributed by atoms with Crippen molar-refractivity contribution in [1.82, 2.24) is 15.0 Å². The second kappa shape index (κ2) is 7.77. The summed E-state index contributed by atoms with van der Waals surface area (Å²) in [6.45, 7) is -0.270. The van der Waals surface area contributed by atoms with Crippen LogP contribution in [0.4, 0.5) is 11.4 Å². The number of nitrogens with one attached hydrogen (secondary N) is 2. The molecule has 0 unspecified atom stereocenters. The first kappa shape index (κ1) is 18.1. The summed E-state index contributed by atoms with van der Waals surface area (Å²) in [5.41, 5.74) is 1.14. The lowest BCUT2D eigenvalue weighted by molar-refractivity contribution is -0.117. The molecule has 9 nitrogen and oxygen atoms in total. The molecule has 0 aliphatic heterocycles. The Morgan fingerprint density at radius 1 is 0.931 bits per heavy atom. The molecule has 9 heteroatoms. The Balaban J connectivity index is 1.40. The van der Waals surface area contributed by atoms with Crippen molar-refractivity contribution in [3.05, 3.63) is 83.0 Å². The lowest BCUT2D eigenvalue weighted by atomic mass is 10.2. The fourth-order valence-corrected chi connectivity index (χ4v) is 2.70. The highest BCUT2D eigenvalue weighted by Gasteiger charge is 2.11. The average molecular weight is 389 g/mol. The van der Waals surface area contributed by atoms with E-state index in [4.69, 9.17) is 4.42 Å². The third kappa shape index (κ3) is 4.03. The van der Waals surface area contributed by atoms with Gasteiger partial charge in [-0.25, -0.2) is 4.68 Å². The average Bonchev–Trinajstić information content (AvgIpc) is 3.27. The number of anilines is 2. The number of fused-ring (bicyclic) bond motifs is 1. The number of rotatable bonds is 5. The van der Waals surface area contributed by atoms with Gasteiger partial charge in [-0.15, -0.1) is 5.10 Å². The van der Waals surface area contributed by atoms with Crippen molar-refractivity contribution < 1.29 is 14.0 Å². The molecule has 4 aromatic rings. The number of benzene rings is 2. The van der Waals surface area contributed by atoms with Gasteiger partial charge in [-0.3, -0.25) is 14.4 Å². The summed E-state index contributed by atoms with van der Waals surface area (Å²) >= 11 is 0. The SMILES string of the molecule is O=C(Cn1nnc2ccccc2c1=O)Nc1ccc(NC(=O)c2ccco2)cc1. The van der Waals surface area contributed by atoms with E-state index in [1.165, 1.54) is 6.26 Å². The van der Waals surface area contributed by atoms with Crippen molar-refractivity contribution in [2.75, 3.05) is 10.6 Å². The molecule has 2 aromatic carbocycles. The van der Waals surface area contributed by atoms with Gasteiger partial charge in [0.25, 0.3) is 11.5 Å². The van der Waals surface area contributed by atoms with E-state index in [1.54, 1.807) is 60.7 Å². The van der Waals surface area contributed by atoms with E-state index in [2.05, 4.69) is 20.9 Å². The van der Waals surface area contributed by atoms with Crippen molar-refractivity contribution in [1.29, 1.82) is 0 Å². The predicted molar refractivity (Wildman–Crippen MR) is 106 cm³/mol. The minimum Gasteiger partial charge on any atom is -0.459 e. The first-order valence-electron chi connectivity index (χ1n) is 8.67. The molecule has 2 aromatic heterocycles. The lowest BCUT2D eigenvalue weighted by Crippen LogP contribution is -2.30. The molecule has 2 heterocycles. The zero-order valence-electron chi connectivity index (χ0n) is 15.0. The first-order chi connectivity index (χ1) is 14.1. The number of nitrogens with zero attached hydrogens (tertiary/aromatic N) is 3. The van der Waals surface area contributed by atoms with E-state index in [0.717, 1.165) is 4.68 Å². The Kier molecular flexibility index (Phi) is 4.85. The lowest BCUT2D eigenvalue weighted by Gasteiger charge is -2.08. The Bertz CT molecular complexity index is 1230. The third-order valence-corrected chi connectivity index (χ3v) is 4.09. The van der Waals surface area contributed by atoms with Gasteiger partial charge in [0.05, 0.1) is 11.6 Å². The Morgan fingerprint density at radius 3 is 2.38 bits per heavy atom. The largest absolute Gasteiger partial charge is 0.459 e. The summed E-state index contributed by atoms with van der Waals surface area (Å²) in [6, 6.07) is 16.5. The molecule has 0 radical (unpaired) electrons. The number of furan rings is 1. The second-order valence-corrected chi connectivity index (χ2v) is 6.13. The first-order valence-corrected chi connectivity index (χ1v) is 8.67. The van der Waals surface area contributed by atoms with Crippen molar-refractivity contribution >= 4 is 34.1 Å². The van der Waals surface area contributed by atoms with E-state index in [9.17, 15) is 14.4 Å². The summed E-state index contributed by atoms with van der Waals surface area (Å²) in [6.07, 6.45) is 1.42. The highest BCUT2D eigenvalue weighted by molar-refractivity contribution is 6.02. The number of amides is 2. The summed E-state index contributed by atoms with van der Waals surface area (Å²) in [5, 5.41) is 13.5. The number of carbonyl (C=O) groups is 2. The molecule has 2 N–H and O–H groups in total. The van der Waals surface area contributed by atoms with Crippen LogP contribution in [0.5, 0.6) is 0 Å². The molecule has 2 amide bonds. The summed E-state index contributed by atoms with van der Waals surface area (Å²) < 4.78 is 6.04. The van der Waals surface area contributed by atoms with E-state index in [0.29, 0.717) is 22.3 Å². The van der Waals surface area contributed by atoms with Crippen LogP contribution >= 0.6 is 0 Å². The molecular weight excluding hydrogens is 374 g/mol. The van der Waals surface area contributed by atoms with Gasteiger partial charge in [0.15, 0.2) is 5.76 Å². The maximum absolute atomic E-state index is 12.4. The maximum Gasteiger partial charge on any atom is 0.291 e. The van der Waals surface area contributed by atoms with Crippen LogP contribution in [0.2, 0.25) is 0 Å². The summed E-state index contributed by atoms with van der Waals surface area (Å²) in [4.78, 5) is 36.6. The standard InChI is InChI=1S/C20H15N5O4/c26-18(12-25-20(28)15-4-1-2-5-16(15)23-24-25)21-13-7-9-14(10-8-13)22-19(27)17-6-3-11-29-17/h1-11H,12H2,(H,21,26)(H,22,27).